The van der Waals surface area contributed by atoms with Gasteiger partial charge < -0.3 is 5.32 Å². The Morgan fingerprint density at radius 1 is 1.27 bits per heavy atom. The second-order valence-corrected chi connectivity index (χ2v) is 6.19. The highest BCUT2D eigenvalue weighted by atomic mass is 32.2. The molecular weight excluding hydrogens is 206 g/mol. The zero-order chi connectivity index (χ0) is 11.7. The van der Waals surface area contributed by atoms with Crippen molar-refractivity contribution in [1.29, 1.82) is 0 Å². The molecule has 2 nitrogen and oxygen atoms in total. The first-order chi connectivity index (χ1) is 7.11. The average molecular weight is 233 g/mol. The summed E-state index contributed by atoms with van der Waals surface area (Å²) in [6, 6.07) is 0. The van der Waals surface area contributed by atoms with Crippen LogP contribution in [-0.4, -0.2) is 28.8 Å². The highest BCUT2D eigenvalue weighted by Crippen LogP contribution is 2.11. The monoisotopic (exact) mass is 233 g/mol. The van der Waals surface area contributed by atoms with Gasteiger partial charge in [-0.1, -0.05) is 33.1 Å². The zero-order valence-electron chi connectivity index (χ0n) is 10.7. The second-order valence-electron chi connectivity index (χ2n) is 4.38. The van der Waals surface area contributed by atoms with Crippen LogP contribution in [0.1, 0.15) is 46.5 Å². The van der Waals surface area contributed by atoms with Crippen LogP contribution in [-0.2, 0) is 10.8 Å². The Labute approximate surface area is 97.7 Å². The summed E-state index contributed by atoms with van der Waals surface area (Å²) in [7, 11) is -0.695. The van der Waals surface area contributed by atoms with E-state index in [1.807, 2.05) is 6.92 Å². The van der Waals surface area contributed by atoms with E-state index in [1.165, 1.54) is 25.7 Å². The Kier molecular flexibility index (Phi) is 9.41. The maximum Gasteiger partial charge on any atom is 0.0441 e. The molecule has 0 bridgehead atoms. The predicted molar refractivity (Wildman–Crippen MR) is 69.7 cm³/mol. The van der Waals surface area contributed by atoms with E-state index in [4.69, 9.17) is 0 Å². The maximum absolute atomic E-state index is 11.1. The van der Waals surface area contributed by atoms with Gasteiger partial charge in [0, 0.05) is 28.9 Å². The fourth-order valence-corrected chi connectivity index (χ4v) is 1.90. The second kappa shape index (κ2) is 9.34. The Morgan fingerprint density at radius 3 is 2.40 bits per heavy atom. The van der Waals surface area contributed by atoms with Gasteiger partial charge >= 0.3 is 0 Å². The van der Waals surface area contributed by atoms with Gasteiger partial charge in [0.1, 0.15) is 0 Å². The Balaban J connectivity index is 3.57. The number of hydrogen-bond acceptors (Lipinski definition) is 2. The molecule has 15 heavy (non-hydrogen) atoms. The normalized spacial score (nSPS) is 17.3. The highest BCUT2D eigenvalue weighted by Gasteiger charge is 2.08. The van der Waals surface area contributed by atoms with Gasteiger partial charge in [0.2, 0.25) is 0 Å². The van der Waals surface area contributed by atoms with Crippen LogP contribution in [0, 0.1) is 5.92 Å². The van der Waals surface area contributed by atoms with Gasteiger partial charge in [-0.15, -0.1) is 0 Å². The zero-order valence-corrected chi connectivity index (χ0v) is 11.5. The molecule has 0 fully saturated rings. The fourth-order valence-electron chi connectivity index (χ4n) is 1.55. The molecule has 92 valence electrons. The summed E-state index contributed by atoms with van der Waals surface area (Å²) >= 11 is 0. The van der Waals surface area contributed by atoms with Gasteiger partial charge in [-0.25, -0.2) is 0 Å². The van der Waals surface area contributed by atoms with Crippen LogP contribution in [0.5, 0.6) is 0 Å². The van der Waals surface area contributed by atoms with Crippen LogP contribution in [0.25, 0.3) is 0 Å². The molecule has 0 rings (SSSR count). The highest BCUT2D eigenvalue weighted by molar-refractivity contribution is 7.84. The number of hydrogen-bond donors (Lipinski definition) is 1. The molecule has 0 amide bonds. The van der Waals surface area contributed by atoms with Crippen molar-refractivity contribution in [2.45, 2.75) is 51.7 Å². The third kappa shape index (κ3) is 7.97. The molecule has 3 unspecified atom stereocenters. The molecule has 0 spiro atoms. The summed E-state index contributed by atoms with van der Waals surface area (Å²) in [6.45, 7) is 8.49. The van der Waals surface area contributed by atoms with Gasteiger partial charge in [-0.2, -0.15) is 0 Å². The van der Waals surface area contributed by atoms with E-state index in [2.05, 4.69) is 19.2 Å². The standard InChI is InChI=1S/C12H27NOS/c1-5-7-8-12(6-2)10-13-9-11(3)15(4)14/h11-13H,5-10H2,1-4H3. The molecular formula is C12H27NOS. The molecule has 0 saturated carbocycles. The van der Waals surface area contributed by atoms with Gasteiger partial charge in [0.05, 0.1) is 0 Å². The van der Waals surface area contributed by atoms with Crippen LogP contribution in [0.2, 0.25) is 0 Å². The summed E-state index contributed by atoms with van der Waals surface area (Å²) in [5, 5.41) is 3.71. The first-order valence-electron chi connectivity index (χ1n) is 6.14. The molecule has 0 aliphatic rings. The van der Waals surface area contributed by atoms with Crippen LogP contribution >= 0.6 is 0 Å². The molecule has 0 saturated heterocycles. The maximum atomic E-state index is 11.1. The fraction of sp³-hybridized carbons (Fsp3) is 1.00. The van der Waals surface area contributed by atoms with E-state index in [0.717, 1.165) is 19.0 Å². The molecule has 3 heteroatoms. The molecule has 0 aromatic heterocycles. The van der Waals surface area contributed by atoms with Crippen molar-refractivity contribution >= 4 is 10.8 Å². The molecule has 0 aromatic rings. The summed E-state index contributed by atoms with van der Waals surface area (Å²) in [6.07, 6.45) is 6.96. The number of nitrogens with one attached hydrogen (secondary N) is 1. The quantitative estimate of drug-likeness (QED) is 0.663. The topological polar surface area (TPSA) is 29.1 Å². The Bertz CT molecular complexity index is 173. The summed E-state index contributed by atoms with van der Waals surface area (Å²) in [5.41, 5.74) is 0. The van der Waals surface area contributed by atoms with Crippen molar-refractivity contribution in [2.24, 2.45) is 5.92 Å². The number of unbranched alkanes of at least 4 members (excludes halogenated alkanes) is 1. The Hall–Kier alpha value is 0.110. The Morgan fingerprint density at radius 2 is 1.93 bits per heavy atom. The first-order valence-corrected chi connectivity index (χ1v) is 7.76. The molecule has 0 aromatic carbocycles. The van der Waals surface area contributed by atoms with Crippen LogP contribution in [0.3, 0.4) is 0 Å². The smallest absolute Gasteiger partial charge is 0.0441 e. The SMILES string of the molecule is CCCCC(CC)CNCC(C)S(C)=O. The van der Waals surface area contributed by atoms with Crippen LogP contribution in [0.4, 0.5) is 0 Å². The van der Waals surface area contributed by atoms with Crippen LogP contribution in [0.15, 0.2) is 0 Å². The van der Waals surface area contributed by atoms with Crippen molar-refractivity contribution in [3.8, 4) is 0 Å². The molecule has 0 aliphatic heterocycles. The van der Waals surface area contributed by atoms with E-state index >= 15 is 0 Å². The van der Waals surface area contributed by atoms with Crippen molar-refractivity contribution in [3.63, 3.8) is 0 Å². The summed E-state index contributed by atoms with van der Waals surface area (Å²) in [5.74, 6) is 0.794. The largest absolute Gasteiger partial charge is 0.315 e. The predicted octanol–water partition coefficient (Wildman–Crippen LogP) is 2.56. The van der Waals surface area contributed by atoms with Gasteiger partial charge in [0.25, 0.3) is 0 Å². The molecule has 0 heterocycles. The average Bonchev–Trinajstić information content (AvgIpc) is 2.22. The van der Waals surface area contributed by atoms with Crippen molar-refractivity contribution in [2.75, 3.05) is 19.3 Å². The minimum absolute atomic E-state index is 0.272. The lowest BCUT2D eigenvalue weighted by Crippen LogP contribution is -2.31. The van der Waals surface area contributed by atoms with E-state index < -0.39 is 10.8 Å². The van der Waals surface area contributed by atoms with Gasteiger partial charge in [-0.05, 0) is 25.8 Å². The van der Waals surface area contributed by atoms with E-state index in [1.54, 1.807) is 6.26 Å². The summed E-state index contributed by atoms with van der Waals surface area (Å²) in [4.78, 5) is 0. The molecule has 0 aliphatic carbocycles. The van der Waals surface area contributed by atoms with Crippen molar-refractivity contribution < 1.29 is 4.21 Å². The molecule has 0 radical (unpaired) electrons. The van der Waals surface area contributed by atoms with E-state index in [-0.39, 0.29) is 5.25 Å². The van der Waals surface area contributed by atoms with E-state index in [9.17, 15) is 4.21 Å². The van der Waals surface area contributed by atoms with Gasteiger partial charge in [0.15, 0.2) is 0 Å². The number of rotatable bonds is 9. The van der Waals surface area contributed by atoms with Crippen molar-refractivity contribution in [1.82, 2.24) is 5.32 Å². The first kappa shape index (κ1) is 15.1. The molecule has 3 atom stereocenters. The lowest BCUT2D eigenvalue weighted by molar-refractivity contribution is 0.420. The third-order valence-corrected chi connectivity index (χ3v) is 4.27. The lowest BCUT2D eigenvalue weighted by Gasteiger charge is -2.16. The third-order valence-electron chi connectivity index (χ3n) is 2.97. The summed E-state index contributed by atoms with van der Waals surface area (Å²) < 4.78 is 11.1. The minimum atomic E-state index is -0.695. The lowest BCUT2D eigenvalue weighted by atomic mass is 9.99. The molecule has 1 N–H and O–H groups in total. The van der Waals surface area contributed by atoms with Gasteiger partial charge in [-0.3, -0.25) is 4.21 Å². The minimum Gasteiger partial charge on any atom is -0.315 e. The van der Waals surface area contributed by atoms with E-state index in [0.29, 0.717) is 0 Å². The van der Waals surface area contributed by atoms with Crippen LogP contribution < -0.4 is 5.32 Å². The van der Waals surface area contributed by atoms with Crippen molar-refractivity contribution in [3.05, 3.63) is 0 Å².